The summed E-state index contributed by atoms with van der Waals surface area (Å²) in [5.41, 5.74) is 4.74. The lowest BCUT2D eigenvalue weighted by Crippen LogP contribution is -2.57. The predicted octanol–water partition coefficient (Wildman–Crippen LogP) is 1.54. The van der Waals surface area contributed by atoms with Gasteiger partial charge >= 0.3 is 6.09 Å². The zero-order valence-corrected chi connectivity index (χ0v) is 19.3. The zero-order valence-electron chi connectivity index (χ0n) is 19.3. The molecule has 1 aliphatic heterocycles. The number of nitrogens with two attached hydrogens (primary N) is 1. The Morgan fingerprint density at radius 1 is 1.10 bits per heavy atom. The van der Waals surface area contributed by atoms with Crippen LogP contribution >= 0.6 is 0 Å². The summed E-state index contributed by atoms with van der Waals surface area (Å²) in [7, 11) is 0. The lowest BCUT2D eigenvalue weighted by atomic mass is 9.99. The molecule has 3 atom stereocenters. The summed E-state index contributed by atoms with van der Waals surface area (Å²) in [4.78, 5) is 51.4. The molecule has 0 bridgehead atoms. The maximum Gasteiger partial charge on any atom is 0.408 e. The third-order valence-electron chi connectivity index (χ3n) is 4.81. The van der Waals surface area contributed by atoms with Crippen LogP contribution in [0.15, 0.2) is 0 Å². The standard InChI is InChI=1S/C21H38N4O5/c1-12(2)11-14(19(28)25-10-8-9-15(25)17(22)26)23-18(27)16(13(3)4)24-20(29)30-21(5,6)7/h12-16H,8-11H2,1-7H3,(H2,22,26)(H,23,27)(H,24,29)/t14-,15+,16-/m0/s1. The molecule has 1 heterocycles. The van der Waals surface area contributed by atoms with Gasteiger partial charge in [0.15, 0.2) is 0 Å². The fourth-order valence-electron chi connectivity index (χ4n) is 3.45. The number of carbonyl (C=O) groups excluding carboxylic acids is 4. The van der Waals surface area contributed by atoms with Crippen LogP contribution in [-0.4, -0.2) is 59.0 Å². The normalized spacial score (nSPS) is 18.8. The molecule has 4 amide bonds. The molecule has 9 nitrogen and oxygen atoms in total. The number of primary amides is 1. The summed E-state index contributed by atoms with van der Waals surface area (Å²) >= 11 is 0. The molecular formula is C21H38N4O5. The first kappa shape index (κ1) is 25.7. The number of likely N-dealkylation sites (tertiary alicyclic amines) is 1. The number of alkyl carbamates (subject to hydrolysis) is 1. The Morgan fingerprint density at radius 2 is 1.70 bits per heavy atom. The Kier molecular flexibility index (Phi) is 9.11. The first-order valence-corrected chi connectivity index (χ1v) is 10.6. The minimum Gasteiger partial charge on any atom is -0.444 e. The van der Waals surface area contributed by atoms with Crippen molar-refractivity contribution in [3.05, 3.63) is 0 Å². The van der Waals surface area contributed by atoms with Gasteiger partial charge in [-0.2, -0.15) is 0 Å². The number of amides is 4. The van der Waals surface area contributed by atoms with Crippen molar-refractivity contribution in [1.82, 2.24) is 15.5 Å². The highest BCUT2D eigenvalue weighted by Gasteiger charge is 2.38. The van der Waals surface area contributed by atoms with Gasteiger partial charge in [0.1, 0.15) is 23.7 Å². The first-order valence-electron chi connectivity index (χ1n) is 10.6. The average molecular weight is 427 g/mol. The van der Waals surface area contributed by atoms with Crippen molar-refractivity contribution < 1.29 is 23.9 Å². The number of rotatable bonds is 8. The van der Waals surface area contributed by atoms with E-state index >= 15 is 0 Å². The summed E-state index contributed by atoms with van der Waals surface area (Å²) in [6.07, 6.45) is 0.926. The zero-order chi connectivity index (χ0) is 23.2. The van der Waals surface area contributed by atoms with Crippen LogP contribution in [0.3, 0.4) is 0 Å². The molecule has 0 unspecified atom stereocenters. The van der Waals surface area contributed by atoms with E-state index in [9.17, 15) is 19.2 Å². The van der Waals surface area contributed by atoms with Crippen LogP contribution in [0, 0.1) is 11.8 Å². The lowest BCUT2D eigenvalue weighted by Gasteiger charge is -2.31. The number of hydrogen-bond donors (Lipinski definition) is 3. The van der Waals surface area contributed by atoms with Crippen molar-refractivity contribution in [2.45, 2.75) is 91.5 Å². The van der Waals surface area contributed by atoms with E-state index in [1.165, 1.54) is 4.90 Å². The van der Waals surface area contributed by atoms with Crippen molar-refractivity contribution in [3.8, 4) is 0 Å². The van der Waals surface area contributed by atoms with E-state index in [4.69, 9.17) is 10.5 Å². The predicted molar refractivity (Wildman–Crippen MR) is 113 cm³/mol. The minimum absolute atomic E-state index is 0.130. The molecule has 1 rings (SSSR count). The van der Waals surface area contributed by atoms with E-state index in [0.717, 1.165) is 0 Å². The van der Waals surface area contributed by atoms with Crippen LogP contribution < -0.4 is 16.4 Å². The minimum atomic E-state index is -0.868. The number of hydrogen-bond acceptors (Lipinski definition) is 5. The highest BCUT2D eigenvalue weighted by atomic mass is 16.6. The summed E-state index contributed by atoms with van der Waals surface area (Å²) in [6.45, 7) is 13.1. The van der Waals surface area contributed by atoms with Crippen molar-refractivity contribution in [2.24, 2.45) is 17.6 Å². The Labute approximate surface area is 179 Å². The van der Waals surface area contributed by atoms with Crippen LogP contribution in [0.2, 0.25) is 0 Å². The Morgan fingerprint density at radius 3 is 2.17 bits per heavy atom. The van der Waals surface area contributed by atoms with E-state index in [-0.39, 0.29) is 17.7 Å². The van der Waals surface area contributed by atoms with Crippen molar-refractivity contribution >= 4 is 23.8 Å². The largest absolute Gasteiger partial charge is 0.444 e. The molecule has 1 fully saturated rings. The van der Waals surface area contributed by atoms with Gasteiger partial charge in [-0.1, -0.05) is 27.7 Å². The molecule has 9 heteroatoms. The topological polar surface area (TPSA) is 131 Å². The van der Waals surface area contributed by atoms with E-state index < -0.39 is 41.6 Å². The summed E-state index contributed by atoms with van der Waals surface area (Å²) in [5, 5.41) is 5.38. The number of ether oxygens (including phenoxy) is 1. The van der Waals surface area contributed by atoms with Gasteiger partial charge in [-0.25, -0.2) is 4.79 Å². The number of nitrogens with one attached hydrogen (secondary N) is 2. The summed E-state index contributed by atoms with van der Waals surface area (Å²) < 4.78 is 5.25. The second-order valence-corrected chi connectivity index (χ2v) is 9.65. The maximum absolute atomic E-state index is 13.1. The van der Waals surface area contributed by atoms with E-state index in [0.29, 0.717) is 25.8 Å². The smallest absolute Gasteiger partial charge is 0.408 e. The first-order chi connectivity index (χ1) is 13.7. The molecule has 30 heavy (non-hydrogen) atoms. The summed E-state index contributed by atoms with van der Waals surface area (Å²) in [6, 6.07) is -2.32. The van der Waals surface area contributed by atoms with Crippen LogP contribution in [0.4, 0.5) is 4.79 Å². The molecule has 0 spiro atoms. The third kappa shape index (κ3) is 7.84. The molecule has 172 valence electrons. The molecule has 0 aromatic rings. The molecule has 0 aromatic heterocycles. The Balaban J connectivity index is 2.95. The van der Waals surface area contributed by atoms with Crippen LogP contribution in [-0.2, 0) is 19.1 Å². The lowest BCUT2D eigenvalue weighted by molar-refractivity contribution is -0.141. The van der Waals surface area contributed by atoms with Gasteiger partial charge in [0.05, 0.1) is 0 Å². The second kappa shape index (κ2) is 10.6. The van der Waals surface area contributed by atoms with Crippen molar-refractivity contribution in [3.63, 3.8) is 0 Å². The second-order valence-electron chi connectivity index (χ2n) is 9.65. The molecule has 0 aliphatic carbocycles. The van der Waals surface area contributed by atoms with Gasteiger partial charge in [-0.3, -0.25) is 14.4 Å². The SMILES string of the molecule is CC(C)C[C@H](NC(=O)[C@@H](NC(=O)OC(C)(C)C)C(C)C)C(=O)N1CCC[C@@H]1C(N)=O. The maximum atomic E-state index is 13.1. The van der Waals surface area contributed by atoms with E-state index in [1.807, 2.05) is 13.8 Å². The number of nitrogens with zero attached hydrogens (tertiary/aromatic N) is 1. The van der Waals surface area contributed by atoms with Gasteiger partial charge in [-0.05, 0) is 51.9 Å². The molecule has 4 N–H and O–H groups in total. The number of carbonyl (C=O) groups is 4. The monoisotopic (exact) mass is 426 g/mol. The van der Waals surface area contributed by atoms with Crippen molar-refractivity contribution in [2.75, 3.05) is 6.54 Å². The molecule has 1 aliphatic rings. The van der Waals surface area contributed by atoms with E-state index in [2.05, 4.69) is 10.6 Å². The Bertz CT molecular complexity index is 642. The van der Waals surface area contributed by atoms with Gasteiger partial charge in [0, 0.05) is 6.54 Å². The average Bonchev–Trinajstić information content (AvgIpc) is 3.06. The van der Waals surface area contributed by atoms with Crippen LogP contribution in [0.1, 0.15) is 67.7 Å². The molecule has 1 saturated heterocycles. The highest BCUT2D eigenvalue weighted by Crippen LogP contribution is 2.20. The Hall–Kier alpha value is -2.32. The third-order valence-corrected chi connectivity index (χ3v) is 4.81. The van der Waals surface area contributed by atoms with Crippen LogP contribution in [0.5, 0.6) is 0 Å². The summed E-state index contributed by atoms with van der Waals surface area (Å²) in [5.74, 6) is -1.42. The molecular weight excluding hydrogens is 388 g/mol. The van der Waals surface area contributed by atoms with E-state index in [1.54, 1.807) is 34.6 Å². The molecule has 0 radical (unpaired) electrons. The molecule has 0 saturated carbocycles. The van der Waals surface area contributed by atoms with Gasteiger partial charge in [0.2, 0.25) is 17.7 Å². The quantitative estimate of drug-likeness (QED) is 0.542. The van der Waals surface area contributed by atoms with Gasteiger partial charge in [0.25, 0.3) is 0 Å². The fourth-order valence-corrected chi connectivity index (χ4v) is 3.45. The van der Waals surface area contributed by atoms with Crippen molar-refractivity contribution in [1.29, 1.82) is 0 Å². The highest BCUT2D eigenvalue weighted by molar-refractivity contribution is 5.94. The van der Waals surface area contributed by atoms with Gasteiger partial charge < -0.3 is 26.0 Å². The van der Waals surface area contributed by atoms with Gasteiger partial charge in [-0.15, -0.1) is 0 Å². The van der Waals surface area contributed by atoms with Crippen LogP contribution in [0.25, 0.3) is 0 Å². The molecule has 0 aromatic carbocycles. The fraction of sp³-hybridized carbons (Fsp3) is 0.810.